The molecule has 1 aliphatic rings. The average Bonchev–Trinajstić information content (AvgIpc) is 2.08. The van der Waals surface area contributed by atoms with Crippen LogP contribution in [0.3, 0.4) is 0 Å². The Bertz CT molecular complexity index is 225. The Balaban J connectivity index is 2.87. The third kappa shape index (κ3) is 1.45. The maximum Gasteiger partial charge on any atom is 0.174 e. The molecule has 0 aromatic rings. The van der Waals surface area contributed by atoms with Crippen molar-refractivity contribution < 1.29 is 13.2 Å². The van der Waals surface area contributed by atoms with Gasteiger partial charge in [-0.3, -0.25) is 0 Å². The monoisotopic (exact) mass is 148 g/mol. The summed E-state index contributed by atoms with van der Waals surface area (Å²) in [4.78, 5) is 0.405. The lowest BCUT2D eigenvalue weighted by Crippen LogP contribution is -1.97. The Kier molecular flexibility index (Phi) is 1.48. The first-order valence-corrected chi connectivity index (χ1v) is 4.50. The van der Waals surface area contributed by atoms with E-state index < -0.39 is 9.84 Å². The number of hydrogen-bond donors (Lipinski definition) is 0. The zero-order valence-electron chi connectivity index (χ0n) is 5.12. The second-order valence-corrected chi connectivity index (χ2v) is 4.05. The number of sulfone groups is 1. The van der Waals surface area contributed by atoms with Crippen molar-refractivity contribution in [1.29, 1.82) is 0 Å². The van der Waals surface area contributed by atoms with Gasteiger partial charge in [-0.15, -0.1) is 0 Å². The van der Waals surface area contributed by atoms with Gasteiger partial charge >= 0.3 is 0 Å². The lowest BCUT2D eigenvalue weighted by atomic mass is 10.5. The van der Waals surface area contributed by atoms with Crippen LogP contribution in [0.25, 0.3) is 0 Å². The molecule has 0 aliphatic carbocycles. The number of ether oxygens (including phenoxy) is 1. The predicted molar refractivity (Wildman–Crippen MR) is 33.5 cm³/mol. The zero-order chi connectivity index (χ0) is 6.91. The minimum Gasteiger partial charge on any atom is -0.500 e. The van der Waals surface area contributed by atoms with E-state index in [1.165, 1.54) is 12.5 Å². The minimum atomic E-state index is -2.97. The van der Waals surface area contributed by atoms with Crippen LogP contribution >= 0.6 is 0 Å². The van der Waals surface area contributed by atoms with Crippen molar-refractivity contribution in [3.05, 3.63) is 11.2 Å². The van der Waals surface area contributed by atoms with Crippen molar-refractivity contribution >= 4 is 9.84 Å². The van der Waals surface area contributed by atoms with Crippen LogP contribution in [0.2, 0.25) is 0 Å². The second-order valence-electron chi connectivity index (χ2n) is 1.98. The highest BCUT2D eigenvalue weighted by atomic mass is 32.2. The molecule has 3 nitrogen and oxygen atoms in total. The van der Waals surface area contributed by atoms with E-state index in [1.807, 2.05) is 0 Å². The van der Waals surface area contributed by atoms with Gasteiger partial charge in [0.25, 0.3) is 0 Å². The molecule has 1 rings (SSSR count). The molecule has 4 heteroatoms. The van der Waals surface area contributed by atoms with E-state index in [0.717, 1.165) is 0 Å². The van der Waals surface area contributed by atoms with Crippen LogP contribution in [0, 0.1) is 0 Å². The van der Waals surface area contributed by atoms with E-state index in [-0.39, 0.29) is 0 Å². The summed E-state index contributed by atoms with van der Waals surface area (Å²) in [5.74, 6) is 0. The predicted octanol–water partition coefficient (Wildman–Crippen LogP) is 0.293. The van der Waals surface area contributed by atoms with Gasteiger partial charge in [0, 0.05) is 12.7 Å². The maximum atomic E-state index is 10.7. The third-order valence-corrected chi connectivity index (χ3v) is 2.41. The van der Waals surface area contributed by atoms with E-state index in [4.69, 9.17) is 4.74 Å². The van der Waals surface area contributed by atoms with Gasteiger partial charge in [0.1, 0.15) is 0 Å². The van der Waals surface area contributed by atoms with E-state index in [1.54, 1.807) is 0 Å². The highest BCUT2D eigenvalue weighted by Gasteiger charge is 2.15. The van der Waals surface area contributed by atoms with Gasteiger partial charge in [-0.25, -0.2) is 8.42 Å². The summed E-state index contributed by atoms with van der Waals surface area (Å²) in [6, 6.07) is 0. The van der Waals surface area contributed by atoms with Crippen molar-refractivity contribution in [2.45, 2.75) is 6.42 Å². The van der Waals surface area contributed by atoms with Crippen molar-refractivity contribution in [2.75, 3.05) is 12.9 Å². The first kappa shape index (κ1) is 6.61. The first-order chi connectivity index (χ1) is 4.11. The highest BCUT2D eigenvalue weighted by molar-refractivity contribution is 7.94. The highest BCUT2D eigenvalue weighted by Crippen LogP contribution is 2.15. The molecule has 0 atom stereocenters. The van der Waals surface area contributed by atoms with Crippen LogP contribution in [0.15, 0.2) is 11.2 Å². The largest absolute Gasteiger partial charge is 0.500 e. The third-order valence-electron chi connectivity index (χ3n) is 1.16. The summed E-state index contributed by atoms with van der Waals surface area (Å²) < 4.78 is 26.1. The molecule has 0 aromatic heterocycles. The van der Waals surface area contributed by atoms with Crippen molar-refractivity contribution in [1.82, 2.24) is 0 Å². The van der Waals surface area contributed by atoms with Gasteiger partial charge < -0.3 is 4.74 Å². The van der Waals surface area contributed by atoms with Crippen molar-refractivity contribution in [2.24, 2.45) is 0 Å². The van der Waals surface area contributed by atoms with E-state index in [2.05, 4.69) is 0 Å². The molecule has 0 fully saturated rings. The van der Waals surface area contributed by atoms with Crippen LogP contribution < -0.4 is 0 Å². The molecule has 0 aromatic carbocycles. The molecule has 0 bridgehead atoms. The quantitative estimate of drug-likeness (QED) is 0.537. The van der Waals surface area contributed by atoms with Gasteiger partial charge in [-0.2, -0.15) is 0 Å². The Morgan fingerprint density at radius 1 is 1.67 bits per heavy atom. The van der Waals surface area contributed by atoms with Crippen LogP contribution in [-0.2, 0) is 14.6 Å². The zero-order valence-corrected chi connectivity index (χ0v) is 5.94. The molecule has 9 heavy (non-hydrogen) atoms. The number of rotatable bonds is 1. The normalized spacial score (nSPS) is 19.0. The SMILES string of the molecule is CS(=O)(=O)C1=COCC1. The summed E-state index contributed by atoms with van der Waals surface area (Å²) >= 11 is 0. The second kappa shape index (κ2) is 2.02. The van der Waals surface area contributed by atoms with Gasteiger partial charge in [0.05, 0.1) is 17.8 Å². The fourth-order valence-electron chi connectivity index (χ4n) is 0.643. The topological polar surface area (TPSA) is 43.4 Å². The van der Waals surface area contributed by atoms with Crippen molar-refractivity contribution in [3.8, 4) is 0 Å². The molecule has 0 saturated carbocycles. The lowest BCUT2D eigenvalue weighted by Gasteiger charge is -1.90. The van der Waals surface area contributed by atoms with Crippen LogP contribution in [0.5, 0.6) is 0 Å². The molecule has 0 spiro atoms. The number of hydrogen-bond acceptors (Lipinski definition) is 3. The molecule has 0 N–H and O–H groups in total. The molecule has 1 aliphatic heterocycles. The van der Waals surface area contributed by atoms with Gasteiger partial charge in [0.2, 0.25) is 0 Å². The Hall–Kier alpha value is -0.510. The Morgan fingerprint density at radius 3 is 2.56 bits per heavy atom. The van der Waals surface area contributed by atoms with E-state index in [9.17, 15) is 8.42 Å². The summed E-state index contributed by atoms with van der Waals surface area (Å²) in [5, 5.41) is 0. The lowest BCUT2D eigenvalue weighted by molar-refractivity contribution is 0.281. The van der Waals surface area contributed by atoms with Gasteiger partial charge in [-0.05, 0) is 0 Å². The van der Waals surface area contributed by atoms with Crippen LogP contribution in [0.4, 0.5) is 0 Å². The summed E-state index contributed by atoms with van der Waals surface area (Å²) in [5.41, 5.74) is 0. The fraction of sp³-hybridized carbons (Fsp3) is 0.600. The molecule has 0 unspecified atom stereocenters. The van der Waals surface area contributed by atoms with Crippen LogP contribution in [-0.4, -0.2) is 21.3 Å². The minimum absolute atomic E-state index is 0.405. The molecule has 0 amide bonds. The maximum absolute atomic E-state index is 10.7. The van der Waals surface area contributed by atoms with E-state index >= 15 is 0 Å². The summed E-state index contributed by atoms with van der Waals surface area (Å²) in [6.45, 7) is 0.502. The first-order valence-electron chi connectivity index (χ1n) is 2.61. The van der Waals surface area contributed by atoms with Gasteiger partial charge in [0.15, 0.2) is 9.84 Å². The van der Waals surface area contributed by atoms with Gasteiger partial charge in [-0.1, -0.05) is 0 Å². The van der Waals surface area contributed by atoms with Crippen LogP contribution in [0.1, 0.15) is 6.42 Å². The van der Waals surface area contributed by atoms with E-state index in [0.29, 0.717) is 17.9 Å². The van der Waals surface area contributed by atoms with Crippen molar-refractivity contribution in [3.63, 3.8) is 0 Å². The summed E-state index contributed by atoms with van der Waals surface area (Å²) in [7, 11) is -2.97. The molecular weight excluding hydrogens is 140 g/mol. The Morgan fingerprint density at radius 2 is 2.33 bits per heavy atom. The summed E-state index contributed by atoms with van der Waals surface area (Å²) in [6.07, 6.45) is 3.03. The Labute approximate surface area is 54.2 Å². The molecule has 0 radical (unpaired) electrons. The molecule has 0 saturated heterocycles. The molecular formula is C5H8O3S. The smallest absolute Gasteiger partial charge is 0.174 e. The fourth-order valence-corrected chi connectivity index (χ4v) is 1.34. The molecule has 52 valence electrons. The average molecular weight is 148 g/mol. The molecule has 1 heterocycles. The standard InChI is InChI=1S/C5H8O3S/c1-9(6,7)5-2-3-8-4-5/h4H,2-3H2,1H3.